The van der Waals surface area contributed by atoms with Gasteiger partial charge < -0.3 is 42.2 Å². The van der Waals surface area contributed by atoms with Crippen LogP contribution in [0.2, 0.25) is 0 Å². The summed E-state index contributed by atoms with van der Waals surface area (Å²) in [5.74, 6) is -6.31. The van der Waals surface area contributed by atoms with Crippen molar-refractivity contribution in [3.63, 3.8) is 0 Å². The molecule has 186 valence electrons. The molecule has 0 bridgehead atoms. The molecule has 4 atom stereocenters. The minimum atomic E-state index is -1.75. The lowest BCUT2D eigenvalue weighted by Gasteiger charge is -2.24. The summed E-state index contributed by atoms with van der Waals surface area (Å²) in [6.07, 6.45) is 2.40. The second-order valence-electron chi connectivity index (χ2n) is 7.72. The number of nitrogens with two attached hydrogens (primary N) is 1. The third-order valence-electron chi connectivity index (χ3n) is 5.02. The first-order chi connectivity index (χ1) is 16.1. The van der Waals surface area contributed by atoms with E-state index in [0.717, 1.165) is 6.42 Å². The number of hydrogen-bond acceptors (Lipinski definition) is 8. The van der Waals surface area contributed by atoms with E-state index in [1.807, 2.05) is 0 Å². The summed E-state index contributed by atoms with van der Waals surface area (Å²) in [4.78, 5) is 78.3. The van der Waals surface area contributed by atoms with Crippen LogP contribution in [0.4, 0.5) is 0 Å². The number of amides is 4. The number of hydrogen-bond donors (Lipinski definition) is 8. The fourth-order valence-electron chi connectivity index (χ4n) is 3.34. The predicted molar refractivity (Wildman–Crippen MR) is 113 cm³/mol. The number of carbonyl (C=O) groups is 6. The van der Waals surface area contributed by atoms with Crippen LogP contribution in [0.3, 0.4) is 0 Å². The maximum absolute atomic E-state index is 12.9. The molecule has 4 amide bonds. The van der Waals surface area contributed by atoms with Gasteiger partial charge >= 0.3 is 11.9 Å². The Labute approximate surface area is 193 Å². The van der Waals surface area contributed by atoms with Gasteiger partial charge in [0.2, 0.25) is 23.6 Å². The molecular formula is C19H27N7O8. The molecule has 1 aromatic rings. The van der Waals surface area contributed by atoms with Crippen molar-refractivity contribution in [3.8, 4) is 0 Å². The Morgan fingerprint density at radius 2 is 1.71 bits per heavy atom. The Balaban J connectivity index is 2.17. The van der Waals surface area contributed by atoms with Crippen LogP contribution >= 0.6 is 0 Å². The summed E-state index contributed by atoms with van der Waals surface area (Å²) in [6, 6.07) is -5.07. The Morgan fingerprint density at radius 3 is 2.24 bits per heavy atom. The van der Waals surface area contributed by atoms with E-state index in [4.69, 9.17) is 10.8 Å². The highest BCUT2D eigenvalue weighted by molar-refractivity contribution is 5.96. The first kappa shape index (κ1) is 26.2. The van der Waals surface area contributed by atoms with Crippen LogP contribution in [0.1, 0.15) is 31.4 Å². The molecule has 15 nitrogen and oxygen atoms in total. The largest absolute Gasteiger partial charge is 0.481 e. The zero-order chi connectivity index (χ0) is 25.3. The number of nitrogens with one attached hydrogen (secondary N) is 5. The second-order valence-corrected chi connectivity index (χ2v) is 7.72. The van der Waals surface area contributed by atoms with Gasteiger partial charge in [-0.15, -0.1) is 0 Å². The number of aliphatic carboxylic acids is 2. The van der Waals surface area contributed by atoms with Gasteiger partial charge in [-0.05, 0) is 19.4 Å². The number of aromatic amines is 1. The molecular weight excluding hydrogens is 454 g/mol. The minimum absolute atomic E-state index is 0.168. The van der Waals surface area contributed by atoms with Gasteiger partial charge in [0, 0.05) is 18.3 Å². The molecule has 1 fully saturated rings. The molecule has 0 spiro atoms. The van der Waals surface area contributed by atoms with Crippen molar-refractivity contribution in [1.29, 1.82) is 0 Å². The Morgan fingerprint density at radius 1 is 1.03 bits per heavy atom. The van der Waals surface area contributed by atoms with Crippen LogP contribution in [-0.2, 0) is 35.2 Å². The van der Waals surface area contributed by atoms with Crippen LogP contribution in [0.25, 0.3) is 0 Å². The summed E-state index contributed by atoms with van der Waals surface area (Å²) in [6.45, 7) is 0.623. The molecule has 1 aliphatic rings. The van der Waals surface area contributed by atoms with Crippen LogP contribution in [0, 0.1) is 0 Å². The number of carboxylic acid groups (broad SMARTS) is 2. The Bertz CT molecular complexity index is 914. The predicted octanol–water partition coefficient (Wildman–Crippen LogP) is -3.41. The number of carbonyl (C=O) groups excluding carboxylic acids is 4. The number of H-pyrrole nitrogens is 1. The number of primary amides is 1. The normalized spacial score (nSPS) is 17.7. The number of imidazole rings is 1. The lowest BCUT2D eigenvalue weighted by molar-refractivity contribution is -0.147. The van der Waals surface area contributed by atoms with Gasteiger partial charge in [-0.25, -0.2) is 9.78 Å². The molecule has 4 unspecified atom stereocenters. The smallest absolute Gasteiger partial charge is 0.326 e. The fourth-order valence-corrected chi connectivity index (χ4v) is 3.34. The number of rotatable bonds is 13. The quantitative estimate of drug-likeness (QED) is 0.139. The monoisotopic (exact) mass is 481 g/mol. The van der Waals surface area contributed by atoms with Crippen molar-refractivity contribution in [1.82, 2.24) is 31.2 Å². The maximum atomic E-state index is 12.9. The first-order valence-corrected chi connectivity index (χ1v) is 10.4. The molecule has 9 N–H and O–H groups in total. The van der Waals surface area contributed by atoms with Gasteiger partial charge in [-0.2, -0.15) is 0 Å². The molecule has 0 saturated carbocycles. The van der Waals surface area contributed by atoms with Crippen LogP contribution in [-0.4, -0.2) is 86.5 Å². The zero-order valence-electron chi connectivity index (χ0n) is 18.1. The standard InChI is InChI=1S/C19H27N7O8/c20-14(27)5-12(25-16(30)10-2-1-3-22-10)18(32)24-11(4-9-7-21-8-23-9)17(31)26-13(19(33)34)6-15(28)29/h7-8,10-13,22H,1-6H2,(H2,20,27)(H,21,23)(H,24,32)(H,25,30)(H,26,31)(H,28,29)(H,33,34). The minimum Gasteiger partial charge on any atom is -0.481 e. The summed E-state index contributed by atoms with van der Waals surface area (Å²) in [7, 11) is 0. The molecule has 1 aliphatic heterocycles. The first-order valence-electron chi connectivity index (χ1n) is 10.4. The molecule has 15 heteroatoms. The average Bonchev–Trinajstić information content (AvgIpc) is 3.45. The highest BCUT2D eigenvalue weighted by atomic mass is 16.4. The van der Waals surface area contributed by atoms with E-state index in [1.165, 1.54) is 12.5 Å². The van der Waals surface area contributed by atoms with E-state index in [1.54, 1.807) is 0 Å². The Kier molecular flexibility index (Phi) is 9.49. The van der Waals surface area contributed by atoms with E-state index in [2.05, 4.69) is 31.2 Å². The molecule has 2 heterocycles. The van der Waals surface area contributed by atoms with Crippen molar-refractivity contribution in [2.45, 2.75) is 56.3 Å². The van der Waals surface area contributed by atoms with Crippen molar-refractivity contribution in [3.05, 3.63) is 18.2 Å². The molecule has 1 saturated heterocycles. The Hall–Kier alpha value is -4.01. The van der Waals surface area contributed by atoms with Crippen LogP contribution in [0.15, 0.2) is 12.5 Å². The number of aromatic nitrogens is 2. The molecule has 0 aromatic carbocycles. The van der Waals surface area contributed by atoms with Gasteiger partial charge in [-0.3, -0.25) is 24.0 Å². The highest BCUT2D eigenvalue weighted by Gasteiger charge is 2.33. The van der Waals surface area contributed by atoms with Gasteiger partial charge in [0.25, 0.3) is 0 Å². The van der Waals surface area contributed by atoms with E-state index >= 15 is 0 Å². The van der Waals surface area contributed by atoms with Crippen LogP contribution < -0.4 is 27.0 Å². The summed E-state index contributed by atoms with van der Waals surface area (Å²) in [5.41, 5.74) is 5.61. The van der Waals surface area contributed by atoms with E-state index < -0.39 is 72.6 Å². The van der Waals surface area contributed by atoms with E-state index in [9.17, 15) is 33.9 Å². The third-order valence-corrected chi connectivity index (χ3v) is 5.02. The molecule has 34 heavy (non-hydrogen) atoms. The lowest BCUT2D eigenvalue weighted by atomic mass is 10.1. The summed E-state index contributed by atoms with van der Waals surface area (Å²) < 4.78 is 0. The van der Waals surface area contributed by atoms with Gasteiger partial charge in [0.15, 0.2) is 0 Å². The third kappa shape index (κ3) is 8.16. The summed E-state index contributed by atoms with van der Waals surface area (Å²) >= 11 is 0. The van der Waals surface area contributed by atoms with Gasteiger partial charge in [0.05, 0.1) is 25.2 Å². The van der Waals surface area contributed by atoms with Crippen molar-refractivity contribution in [2.24, 2.45) is 5.73 Å². The van der Waals surface area contributed by atoms with E-state index in [-0.39, 0.29) is 6.42 Å². The van der Waals surface area contributed by atoms with Gasteiger partial charge in [0.1, 0.15) is 18.1 Å². The highest BCUT2D eigenvalue weighted by Crippen LogP contribution is 2.07. The SMILES string of the molecule is NC(=O)CC(NC(=O)C1CCCN1)C(=O)NC(Cc1cnc[nH]1)C(=O)NC(CC(=O)O)C(=O)O. The molecule has 0 aliphatic carbocycles. The molecule has 0 radical (unpaired) electrons. The zero-order valence-corrected chi connectivity index (χ0v) is 18.1. The number of nitrogens with zero attached hydrogens (tertiary/aromatic N) is 1. The topological polar surface area (TPSA) is 246 Å². The second kappa shape index (κ2) is 12.3. The lowest BCUT2D eigenvalue weighted by Crippen LogP contribution is -2.58. The van der Waals surface area contributed by atoms with Crippen molar-refractivity contribution < 1.29 is 39.0 Å². The molecule has 2 rings (SSSR count). The van der Waals surface area contributed by atoms with Gasteiger partial charge in [-0.1, -0.05) is 0 Å². The van der Waals surface area contributed by atoms with Crippen LogP contribution in [0.5, 0.6) is 0 Å². The van der Waals surface area contributed by atoms with Crippen molar-refractivity contribution >= 4 is 35.6 Å². The molecule has 1 aromatic heterocycles. The fraction of sp³-hybridized carbons (Fsp3) is 0.526. The van der Waals surface area contributed by atoms with E-state index in [0.29, 0.717) is 18.7 Å². The maximum Gasteiger partial charge on any atom is 0.326 e. The summed E-state index contributed by atoms with van der Waals surface area (Å²) in [5, 5.41) is 27.9. The number of carboxylic acids is 2. The average molecular weight is 481 g/mol. The van der Waals surface area contributed by atoms with Crippen molar-refractivity contribution in [2.75, 3.05) is 6.54 Å².